The molecule has 1 aromatic carbocycles. The highest BCUT2D eigenvalue weighted by Crippen LogP contribution is 2.28. The summed E-state index contributed by atoms with van der Waals surface area (Å²) in [6.45, 7) is 2.03. The van der Waals surface area contributed by atoms with Gasteiger partial charge in [-0.05, 0) is 42.1 Å². The molecule has 2 heterocycles. The molecular formula is C17H16N2OS. The van der Waals surface area contributed by atoms with Gasteiger partial charge in [-0.1, -0.05) is 18.2 Å². The first-order valence-corrected chi connectivity index (χ1v) is 7.64. The summed E-state index contributed by atoms with van der Waals surface area (Å²) in [4.78, 5) is 19.2. The van der Waals surface area contributed by atoms with E-state index in [0.29, 0.717) is 0 Å². The molecule has 21 heavy (non-hydrogen) atoms. The van der Waals surface area contributed by atoms with Crippen LogP contribution in [0, 0.1) is 0 Å². The van der Waals surface area contributed by atoms with Gasteiger partial charge < -0.3 is 4.90 Å². The minimum absolute atomic E-state index is 0.0192. The maximum Gasteiger partial charge on any atom is 0.264 e. The second-order valence-corrected chi connectivity index (χ2v) is 6.10. The number of amides is 1. The molecule has 4 heteroatoms. The van der Waals surface area contributed by atoms with E-state index in [-0.39, 0.29) is 11.9 Å². The summed E-state index contributed by atoms with van der Waals surface area (Å²) in [5.41, 5.74) is 1.09. The maximum absolute atomic E-state index is 12.6. The van der Waals surface area contributed by atoms with Crippen molar-refractivity contribution in [3.63, 3.8) is 0 Å². The number of rotatable bonds is 3. The van der Waals surface area contributed by atoms with Gasteiger partial charge in [-0.15, -0.1) is 11.3 Å². The highest BCUT2D eigenvalue weighted by Gasteiger charge is 2.20. The summed E-state index contributed by atoms with van der Waals surface area (Å²) in [5.74, 6) is 0.0560. The van der Waals surface area contributed by atoms with Gasteiger partial charge >= 0.3 is 0 Å². The predicted molar refractivity (Wildman–Crippen MR) is 86.6 cm³/mol. The fourth-order valence-electron chi connectivity index (χ4n) is 2.30. The monoisotopic (exact) mass is 296 g/mol. The zero-order valence-electron chi connectivity index (χ0n) is 12.0. The summed E-state index contributed by atoms with van der Waals surface area (Å²) >= 11 is 1.54. The van der Waals surface area contributed by atoms with Gasteiger partial charge in [0, 0.05) is 24.1 Å². The van der Waals surface area contributed by atoms with Gasteiger partial charge in [0.05, 0.1) is 10.9 Å². The average Bonchev–Trinajstić information content (AvgIpc) is 2.97. The van der Waals surface area contributed by atoms with Crippen LogP contribution in [0.4, 0.5) is 0 Å². The molecular weight excluding hydrogens is 280 g/mol. The lowest BCUT2D eigenvalue weighted by Gasteiger charge is -2.24. The van der Waals surface area contributed by atoms with Gasteiger partial charge in [-0.3, -0.25) is 9.78 Å². The smallest absolute Gasteiger partial charge is 0.264 e. The van der Waals surface area contributed by atoms with Crippen LogP contribution in [0.25, 0.3) is 10.1 Å². The van der Waals surface area contributed by atoms with Crippen LogP contribution in [0.5, 0.6) is 0 Å². The Morgan fingerprint density at radius 2 is 1.90 bits per heavy atom. The van der Waals surface area contributed by atoms with Crippen molar-refractivity contribution in [2.45, 2.75) is 13.0 Å². The van der Waals surface area contributed by atoms with Crippen molar-refractivity contribution in [2.75, 3.05) is 7.05 Å². The largest absolute Gasteiger partial charge is 0.334 e. The lowest BCUT2D eigenvalue weighted by Crippen LogP contribution is -2.29. The average molecular weight is 296 g/mol. The lowest BCUT2D eigenvalue weighted by atomic mass is 10.1. The van der Waals surface area contributed by atoms with Gasteiger partial charge in [-0.2, -0.15) is 0 Å². The molecule has 106 valence electrons. The van der Waals surface area contributed by atoms with Crippen LogP contribution in [0.2, 0.25) is 0 Å². The minimum Gasteiger partial charge on any atom is -0.334 e. The molecule has 1 amide bonds. The highest BCUT2D eigenvalue weighted by atomic mass is 32.1. The van der Waals surface area contributed by atoms with E-state index in [1.807, 2.05) is 56.4 Å². The van der Waals surface area contributed by atoms with E-state index in [4.69, 9.17) is 0 Å². The summed E-state index contributed by atoms with van der Waals surface area (Å²) in [5, 5.41) is 1.12. The molecule has 3 nitrogen and oxygen atoms in total. The molecule has 0 N–H and O–H groups in total. The normalized spacial score (nSPS) is 12.3. The van der Waals surface area contributed by atoms with Crippen LogP contribution in [0.3, 0.4) is 0 Å². The molecule has 0 aliphatic carbocycles. The van der Waals surface area contributed by atoms with Crippen molar-refractivity contribution < 1.29 is 4.79 Å². The van der Waals surface area contributed by atoms with Crippen LogP contribution >= 0.6 is 11.3 Å². The Morgan fingerprint density at radius 3 is 2.62 bits per heavy atom. The number of carbonyl (C=O) groups excluding carboxylic acids is 1. The molecule has 3 aromatic rings. The van der Waals surface area contributed by atoms with E-state index >= 15 is 0 Å². The Hall–Kier alpha value is -2.20. The Labute approximate surface area is 127 Å². The van der Waals surface area contributed by atoms with Gasteiger partial charge in [-0.25, -0.2) is 0 Å². The molecule has 1 unspecified atom stereocenters. The third-order valence-electron chi connectivity index (χ3n) is 3.73. The summed E-state index contributed by atoms with van der Waals surface area (Å²) < 4.78 is 1.14. The molecule has 0 radical (unpaired) electrons. The van der Waals surface area contributed by atoms with Gasteiger partial charge in [0.15, 0.2) is 0 Å². The Bertz CT molecular complexity index is 734. The van der Waals surface area contributed by atoms with E-state index in [2.05, 4.69) is 4.98 Å². The fourth-order valence-corrected chi connectivity index (χ4v) is 3.35. The van der Waals surface area contributed by atoms with Crippen molar-refractivity contribution in [1.29, 1.82) is 0 Å². The second kappa shape index (κ2) is 5.66. The van der Waals surface area contributed by atoms with E-state index in [1.54, 1.807) is 28.6 Å². The van der Waals surface area contributed by atoms with Crippen molar-refractivity contribution in [3.8, 4) is 0 Å². The number of nitrogens with zero attached hydrogens (tertiary/aromatic N) is 2. The lowest BCUT2D eigenvalue weighted by molar-refractivity contribution is 0.0747. The first-order valence-electron chi connectivity index (χ1n) is 6.82. The topological polar surface area (TPSA) is 33.2 Å². The zero-order valence-corrected chi connectivity index (χ0v) is 12.8. The molecule has 0 spiro atoms. The van der Waals surface area contributed by atoms with Gasteiger partial charge in [0.1, 0.15) is 0 Å². The van der Waals surface area contributed by atoms with Crippen LogP contribution in [-0.2, 0) is 0 Å². The van der Waals surface area contributed by atoms with E-state index in [0.717, 1.165) is 20.5 Å². The van der Waals surface area contributed by atoms with Crippen LogP contribution in [0.1, 0.15) is 28.2 Å². The maximum atomic E-state index is 12.6. The summed E-state index contributed by atoms with van der Waals surface area (Å²) in [6.07, 6.45) is 3.51. The molecule has 3 rings (SSSR count). The number of thiophene rings is 1. The van der Waals surface area contributed by atoms with Crippen molar-refractivity contribution in [2.24, 2.45) is 0 Å². The summed E-state index contributed by atoms with van der Waals surface area (Å²) in [6, 6.07) is 13.9. The Balaban J connectivity index is 1.87. The van der Waals surface area contributed by atoms with Crippen molar-refractivity contribution >= 4 is 27.3 Å². The molecule has 0 aliphatic rings. The third kappa shape index (κ3) is 2.67. The van der Waals surface area contributed by atoms with Crippen LogP contribution in [0.15, 0.2) is 54.9 Å². The molecule has 0 saturated heterocycles. The Kier molecular flexibility index (Phi) is 3.71. The van der Waals surface area contributed by atoms with E-state index in [1.165, 1.54) is 0 Å². The zero-order chi connectivity index (χ0) is 14.8. The van der Waals surface area contributed by atoms with Gasteiger partial charge in [0.2, 0.25) is 0 Å². The molecule has 0 fully saturated rings. The number of benzene rings is 1. The number of aromatic nitrogens is 1. The van der Waals surface area contributed by atoms with Crippen LogP contribution in [-0.4, -0.2) is 22.8 Å². The number of pyridine rings is 1. The first-order chi connectivity index (χ1) is 10.2. The molecule has 0 saturated carbocycles. The number of fused-ring (bicyclic) bond motifs is 1. The predicted octanol–water partition coefficient (Wildman–Crippen LogP) is 4.13. The minimum atomic E-state index is 0.0192. The molecule has 2 aromatic heterocycles. The summed E-state index contributed by atoms with van der Waals surface area (Å²) in [7, 11) is 1.85. The SMILES string of the molecule is CC(c1ccncc1)N(C)C(=O)c1cc2ccccc2s1. The second-order valence-electron chi connectivity index (χ2n) is 5.02. The number of hydrogen-bond donors (Lipinski definition) is 0. The number of hydrogen-bond acceptors (Lipinski definition) is 3. The van der Waals surface area contributed by atoms with Crippen LogP contribution < -0.4 is 0 Å². The van der Waals surface area contributed by atoms with Crippen molar-refractivity contribution in [3.05, 3.63) is 65.3 Å². The van der Waals surface area contributed by atoms with E-state index < -0.39 is 0 Å². The number of carbonyl (C=O) groups is 1. The third-order valence-corrected chi connectivity index (χ3v) is 4.83. The van der Waals surface area contributed by atoms with Crippen molar-refractivity contribution in [1.82, 2.24) is 9.88 Å². The fraction of sp³-hybridized carbons (Fsp3) is 0.176. The molecule has 0 bridgehead atoms. The molecule has 1 atom stereocenters. The highest BCUT2D eigenvalue weighted by molar-refractivity contribution is 7.20. The first kappa shape index (κ1) is 13.8. The van der Waals surface area contributed by atoms with E-state index in [9.17, 15) is 4.79 Å². The van der Waals surface area contributed by atoms with Gasteiger partial charge in [0.25, 0.3) is 5.91 Å². The Morgan fingerprint density at radius 1 is 1.19 bits per heavy atom. The molecule has 0 aliphatic heterocycles. The standard InChI is InChI=1S/C17H16N2OS/c1-12(13-7-9-18-10-8-13)19(2)17(20)16-11-14-5-3-4-6-15(14)21-16/h3-12H,1-2H3. The quantitative estimate of drug-likeness (QED) is 0.728.